The number of amides is 1. The Morgan fingerprint density at radius 2 is 2.28 bits per heavy atom. The molecule has 0 aliphatic heterocycles. The molecule has 0 aliphatic carbocycles. The molecule has 100 valence electrons. The van der Waals surface area contributed by atoms with Crippen LogP contribution in [0.15, 0.2) is 6.33 Å². The summed E-state index contributed by atoms with van der Waals surface area (Å²) in [7, 11) is 3.23. The zero-order valence-corrected chi connectivity index (χ0v) is 10.7. The summed E-state index contributed by atoms with van der Waals surface area (Å²) in [6.45, 7) is 2.62. The van der Waals surface area contributed by atoms with E-state index in [0.717, 1.165) is 0 Å². The summed E-state index contributed by atoms with van der Waals surface area (Å²) >= 11 is 0. The lowest BCUT2D eigenvalue weighted by Gasteiger charge is -2.20. The first-order valence-corrected chi connectivity index (χ1v) is 5.47. The van der Waals surface area contributed by atoms with Crippen molar-refractivity contribution in [1.29, 1.82) is 0 Å². The number of nitrogens with two attached hydrogens (primary N) is 1. The van der Waals surface area contributed by atoms with Crippen LogP contribution in [0.5, 0.6) is 5.75 Å². The zero-order valence-electron chi connectivity index (χ0n) is 10.7. The average molecular weight is 254 g/mol. The number of ether oxygens (including phenoxy) is 1. The lowest BCUT2D eigenvalue weighted by molar-refractivity contribution is -0.119. The van der Waals surface area contributed by atoms with Crippen LogP contribution in [0.2, 0.25) is 0 Å². The summed E-state index contributed by atoms with van der Waals surface area (Å²) in [5.74, 6) is 6.49. The van der Waals surface area contributed by atoms with Crippen LogP contribution in [0.4, 0.5) is 11.6 Å². The number of methoxy groups -OCH3 is 1. The minimum atomic E-state index is -0.0945. The second-order valence-electron chi connectivity index (χ2n) is 3.53. The molecule has 1 amide bonds. The second-order valence-corrected chi connectivity index (χ2v) is 3.53. The van der Waals surface area contributed by atoms with Gasteiger partial charge in [0.15, 0.2) is 11.6 Å². The van der Waals surface area contributed by atoms with E-state index in [-0.39, 0.29) is 12.5 Å². The van der Waals surface area contributed by atoms with Crippen molar-refractivity contribution in [3.05, 3.63) is 6.33 Å². The van der Waals surface area contributed by atoms with Crippen molar-refractivity contribution in [2.75, 3.05) is 37.6 Å². The van der Waals surface area contributed by atoms with Gasteiger partial charge in [0, 0.05) is 13.6 Å². The zero-order chi connectivity index (χ0) is 13.5. The normalized spacial score (nSPS) is 9.78. The predicted octanol–water partition coefficient (Wildman–Crippen LogP) is -0.657. The van der Waals surface area contributed by atoms with E-state index in [1.54, 1.807) is 11.9 Å². The van der Waals surface area contributed by atoms with E-state index < -0.39 is 0 Å². The number of aromatic nitrogens is 2. The van der Waals surface area contributed by atoms with Gasteiger partial charge in [-0.15, -0.1) is 0 Å². The van der Waals surface area contributed by atoms with Gasteiger partial charge in [-0.25, -0.2) is 15.8 Å². The Morgan fingerprint density at radius 3 is 2.83 bits per heavy atom. The number of hydrogen-bond donors (Lipinski definition) is 3. The largest absolute Gasteiger partial charge is 0.490 e. The van der Waals surface area contributed by atoms with Crippen molar-refractivity contribution in [3.63, 3.8) is 0 Å². The minimum absolute atomic E-state index is 0.0945. The molecule has 1 heterocycles. The first-order chi connectivity index (χ1) is 8.63. The molecule has 1 rings (SSSR count). The lowest BCUT2D eigenvalue weighted by atomic mass is 10.4. The van der Waals surface area contributed by atoms with Crippen molar-refractivity contribution in [2.45, 2.75) is 6.92 Å². The molecule has 4 N–H and O–H groups in total. The van der Waals surface area contributed by atoms with Gasteiger partial charge in [0.05, 0.1) is 13.7 Å². The summed E-state index contributed by atoms with van der Waals surface area (Å²) in [5.41, 5.74) is 2.42. The molecule has 0 unspecified atom stereocenters. The lowest BCUT2D eigenvalue weighted by Crippen LogP contribution is -2.35. The predicted molar refractivity (Wildman–Crippen MR) is 68.3 cm³/mol. The van der Waals surface area contributed by atoms with Crippen LogP contribution in [0, 0.1) is 0 Å². The van der Waals surface area contributed by atoms with Gasteiger partial charge in [-0.2, -0.15) is 0 Å². The number of hydrogen-bond acceptors (Lipinski definition) is 7. The van der Waals surface area contributed by atoms with Gasteiger partial charge in [0.25, 0.3) is 0 Å². The van der Waals surface area contributed by atoms with Crippen LogP contribution < -0.4 is 26.2 Å². The van der Waals surface area contributed by atoms with E-state index in [1.807, 2.05) is 6.92 Å². The standard InChI is InChI=1S/C10H18N6O2/c1-4-12-7(17)5-16(2)10-8(18-3)9(15-11)13-6-14-10/h6H,4-5,11H2,1-3H3,(H,12,17)(H,13,14,15). The average Bonchev–Trinajstić information content (AvgIpc) is 2.37. The van der Waals surface area contributed by atoms with E-state index in [0.29, 0.717) is 23.9 Å². The van der Waals surface area contributed by atoms with Gasteiger partial charge >= 0.3 is 0 Å². The monoisotopic (exact) mass is 254 g/mol. The Bertz CT molecular complexity index is 411. The third kappa shape index (κ3) is 3.20. The fraction of sp³-hybridized carbons (Fsp3) is 0.500. The molecular weight excluding hydrogens is 236 g/mol. The van der Waals surface area contributed by atoms with E-state index in [1.165, 1.54) is 13.4 Å². The Morgan fingerprint density at radius 1 is 1.56 bits per heavy atom. The second kappa shape index (κ2) is 6.60. The molecule has 0 aliphatic rings. The van der Waals surface area contributed by atoms with Gasteiger partial charge < -0.3 is 20.4 Å². The summed E-state index contributed by atoms with van der Waals surface area (Å²) in [4.78, 5) is 21.2. The minimum Gasteiger partial charge on any atom is -0.490 e. The van der Waals surface area contributed by atoms with E-state index in [4.69, 9.17) is 10.6 Å². The first kappa shape index (κ1) is 14.0. The van der Waals surface area contributed by atoms with Crippen molar-refractivity contribution in [3.8, 4) is 5.75 Å². The molecule has 0 saturated heterocycles. The van der Waals surface area contributed by atoms with E-state index >= 15 is 0 Å². The number of hydrazine groups is 1. The summed E-state index contributed by atoms with van der Waals surface area (Å²) in [6.07, 6.45) is 1.35. The number of likely N-dealkylation sites (N-methyl/N-ethyl adjacent to an activating group) is 2. The van der Waals surface area contributed by atoms with Gasteiger partial charge in [-0.3, -0.25) is 4.79 Å². The highest BCUT2D eigenvalue weighted by Gasteiger charge is 2.16. The van der Waals surface area contributed by atoms with Crippen molar-refractivity contribution < 1.29 is 9.53 Å². The van der Waals surface area contributed by atoms with Crippen LogP contribution in [0.25, 0.3) is 0 Å². The highest BCUT2D eigenvalue weighted by Crippen LogP contribution is 2.30. The summed E-state index contributed by atoms with van der Waals surface area (Å²) in [5, 5.41) is 2.71. The topological polar surface area (TPSA) is 105 Å². The Balaban J connectivity index is 2.91. The van der Waals surface area contributed by atoms with Crippen LogP contribution in [-0.2, 0) is 4.79 Å². The van der Waals surface area contributed by atoms with Crippen molar-refractivity contribution in [2.24, 2.45) is 5.84 Å². The molecule has 0 aromatic carbocycles. The first-order valence-electron chi connectivity index (χ1n) is 5.47. The number of carbonyl (C=O) groups excluding carboxylic acids is 1. The van der Waals surface area contributed by atoms with Crippen molar-refractivity contribution in [1.82, 2.24) is 15.3 Å². The maximum Gasteiger partial charge on any atom is 0.239 e. The Hall–Kier alpha value is -2.09. The summed E-state index contributed by atoms with van der Waals surface area (Å²) < 4.78 is 5.19. The molecule has 0 bridgehead atoms. The fourth-order valence-corrected chi connectivity index (χ4v) is 1.47. The molecule has 8 heteroatoms. The fourth-order valence-electron chi connectivity index (χ4n) is 1.47. The molecule has 0 atom stereocenters. The molecule has 1 aromatic heterocycles. The third-order valence-electron chi connectivity index (χ3n) is 2.24. The van der Waals surface area contributed by atoms with E-state index in [9.17, 15) is 4.79 Å². The van der Waals surface area contributed by atoms with Crippen LogP contribution in [0.3, 0.4) is 0 Å². The van der Waals surface area contributed by atoms with Gasteiger partial charge in [0.1, 0.15) is 6.33 Å². The maximum absolute atomic E-state index is 11.5. The number of nitrogens with zero attached hydrogens (tertiary/aromatic N) is 3. The SMILES string of the molecule is CCNC(=O)CN(C)c1ncnc(NN)c1OC. The molecule has 0 saturated carbocycles. The molecular formula is C10H18N6O2. The number of carbonyl (C=O) groups is 1. The smallest absolute Gasteiger partial charge is 0.239 e. The van der Waals surface area contributed by atoms with Crippen LogP contribution >= 0.6 is 0 Å². The third-order valence-corrected chi connectivity index (χ3v) is 2.24. The molecule has 0 spiro atoms. The van der Waals surface area contributed by atoms with E-state index in [2.05, 4.69) is 20.7 Å². The van der Waals surface area contributed by atoms with Crippen LogP contribution in [-0.4, -0.2) is 43.1 Å². The van der Waals surface area contributed by atoms with Crippen molar-refractivity contribution >= 4 is 17.5 Å². The Kier molecular flexibility index (Phi) is 5.12. The van der Waals surface area contributed by atoms with Crippen LogP contribution in [0.1, 0.15) is 6.92 Å². The molecule has 0 radical (unpaired) electrons. The maximum atomic E-state index is 11.5. The quantitative estimate of drug-likeness (QED) is 0.457. The number of nitrogen functional groups attached to an aromatic ring is 1. The molecule has 8 nitrogen and oxygen atoms in total. The molecule has 1 aromatic rings. The number of nitrogens with one attached hydrogen (secondary N) is 2. The summed E-state index contributed by atoms with van der Waals surface area (Å²) in [6, 6.07) is 0. The highest BCUT2D eigenvalue weighted by atomic mass is 16.5. The number of rotatable bonds is 6. The highest BCUT2D eigenvalue weighted by molar-refractivity contribution is 5.81. The van der Waals surface area contributed by atoms with Gasteiger partial charge in [-0.05, 0) is 6.92 Å². The van der Waals surface area contributed by atoms with Gasteiger partial charge in [0.2, 0.25) is 11.7 Å². The van der Waals surface area contributed by atoms with Gasteiger partial charge in [-0.1, -0.05) is 0 Å². The Labute approximate surface area is 106 Å². The molecule has 18 heavy (non-hydrogen) atoms. The molecule has 0 fully saturated rings. The number of anilines is 2.